The van der Waals surface area contributed by atoms with Gasteiger partial charge in [-0.2, -0.15) is 0 Å². The van der Waals surface area contributed by atoms with E-state index in [0.29, 0.717) is 30.3 Å². The third kappa shape index (κ3) is 9.02. The Labute approximate surface area is 225 Å². The van der Waals surface area contributed by atoms with Gasteiger partial charge in [0.25, 0.3) is 0 Å². The largest absolute Gasteiger partial charge is 0.354 e. The van der Waals surface area contributed by atoms with Crippen molar-refractivity contribution in [3.05, 3.63) is 105 Å². The molecule has 3 rings (SSSR count). The quantitative estimate of drug-likeness (QED) is 0.269. The highest BCUT2D eigenvalue weighted by molar-refractivity contribution is 9.10. The Hall–Kier alpha value is -2.28. The van der Waals surface area contributed by atoms with E-state index in [1.54, 1.807) is 4.90 Å². The smallest absolute Gasteiger partial charge is 0.243 e. The number of hydrogen-bond donors (Lipinski definition) is 1. The summed E-state index contributed by atoms with van der Waals surface area (Å²) in [5.41, 5.74) is 3.06. The summed E-state index contributed by atoms with van der Waals surface area (Å²) in [4.78, 5) is 28.6. The number of nitrogens with one attached hydrogen (secondary N) is 1. The van der Waals surface area contributed by atoms with Crippen molar-refractivity contribution in [2.45, 2.75) is 38.1 Å². The number of halogens is 2. The minimum absolute atomic E-state index is 0.0625. The zero-order valence-corrected chi connectivity index (χ0v) is 22.9. The van der Waals surface area contributed by atoms with Crippen molar-refractivity contribution in [1.29, 1.82) is 0 Å². The van der Waals surface area contributed by atoms with E-state index in [2.05, 4.69) is 21.2 Å². The molecule has 0 radical (unpaired) electrons. The molecule has 0 saturated carbocycles. The van der Waals surface area contributed by atoms with Crippen LogP contribution in [0.5, 0.6) is 0 Å². The molecule has 1 N–H and O–H groups in total. The van der Waals surface area contributed by atoms with E-state index in [4.69, 9.17) is 11.6 Å². The fourth-order valence-corrected chi connectivity index (χ4v) is 5.01. The highest BCUT2D eigenvalue weighted by Crippen LogP contribution is 2.21. The predicted octanol–water partition coefficient (Wildman–Crippen LogP) is 6.50. The Morgan fingerprint density at radius 3 is 2.37 bits per heavy atom. The summed E-state index contributed by atoms with van der Waals surface area (Å²) in [7, 11) is 0. The van der Waals surface area contributed by atoms with Crippen molar-refractivity contribution < 1.29 is 9.59 Å². The first-order chi connectivity index (χ1) is 17.0. The van der Waals surface area contributed by atoms with Gasteiger partial charge in [-0.3, -0.25) is 9.59 Å². The van der Waals surface area contributed by atoms with Crippen LogP contribution in [0.3, 0.4) is 0 Å². The van der Waals surface area contributed by atoms with Crippen molar-refractivity contribution in [3.63, 3.8) is 0 Å². The number of amides is 2. The maximum Gasteiger partial charge on any atom is 0.243 e. The number of hydrogen-bond acceptors (Lipinski definition) is 3. The molecule has 4 nitrogen and oxygen atoms in total. The van der Waals surface area contributed by atoms with Gasteiger partial charge < -0.3 is 10.2 Å². The average molecular weight is 574 g/mol. The summed E-state index contributed by atoms with van der Waals surface area (Å²) < 4.78 is 0.970. The Kier molecular flexibility index (Phi) is 11.2. The van der Waals surface area contributed by atoms with Gasteiger partial charge in [-0.25, -0.2) is 0 Å². The van der Waals surface area contributed by atoms with Gasteiger partial charge in [0, 0.05) is 34.8 Å². The highest BCUT2D eigenvalue weighted by Gasteiger charge is 2.30. The maximum absolute atomic E-state index is 13.6. The highest BCUT2D eigenvalue weighted by atomic mass is 79.9. The van der Waals surface area contributed by atoms with E-state index < -0.39 is 6.04 Å². The molecule has 0 heterocycles. The standard InChI is InChI=1S/C28H30BrClN2O2S/c1-2-15-31-28(34)26(17-21-7-4-3-5-8-21)32(18-22-11-13-24(29)14-12-22)27(33)20-35-19-23-9-6-10-25(30)16-23/h3-14,16,26H,2,15,17-20H2,1H3,(H,31,34)/t26-/m1/s1. The molecule has 2 amide bonds. The lowest BCUT2D eigenvalue weighted by atomic mass is 10.0. The van der Waals surface area contributed by atoms with Crippen LogP contribution in [-0.2, 0) is 28.3 Å². The Balaban J connectivity index is 1.82. The van der Waals surface area contributed by atoms with Crippen LogP contribution < -0.4 is 5.32 Å². The molecule has 7 heteroatoms. The molecular weight excluding hydrogens is 544 g/mol. The molecule has 0 unspecified atom stereocenters. The fourth-order valence-electron chi connectivity index (χ4n) is 3.67. The van der Waals surface area contributed by atoms with Crippen LogP contribution >= 0.6 is 39.3 Å². The zero-order valence-electron chi connectivity index (χ0n) is 19.8. The molecule has 0 aliphatic rings. The lowest BCUT2D eigenvalue weighted by Gasteiger charge is -2.31. The second-order valence-corrected chi connectivity index (χ2v) is 10.6. The van der Waals surface area contributed by atoms with Crippen LogP contribution in [0.1, 0.15) is 30.0 Å². The lowest BCUT2D eigenvalue weighted by molar-refractivity contribution is -0.139. The molecule has 0 bridgehead atoms. The summed E-state index contributed by atoms with van der Waals surface area (Å²) in [6, 6.07) is 24.8. The molecule has 0 saturated heterocycles. The Bertz CT molecular complexity index is 1100. The van der Waals surface area contributed by atoms with E-state index in [1.165, 1.54) is 11.8 Å². The van der Waals surface area contributed by atoms with E-state index in [9.17, 15) is 9.59 Å². The number of carbonyl (C=O) groups excluding carboxylic acids is 2. The van der Waals surface area contributed by atoms with E-state index in [-0.39, 0.29) is 17.6 Å². The molecule has 0 fully saturated rings. The van der Waals surface area contributed by atoms with Gasteiger partial charge in [-0.05, 0) is 47.4 Å². The minimum atomic E-state index is -0.605. The van der Waals surface area contributed by atoms with Crippen molar-refractivity contribution >= 4 is 51.1 Å². The molecule has 0 aliphatic heterocycles. The Morgan fingerprint density at radius 2 is 1.69 bits per heavy atom. The molecule has 3 aromatic rings. The van der Waals surface area contributed by atoms with Gasteiger partial charge in [0.2, 0.25) is 11.8 Å². The first-order valence-corrected chi connectivity index (χ1v) is 14.0. The number of thioether (sulfide) groups is 1. The van der Waals surface area contributed by atoms with Crippen LogP contribution in [0.15, 0.2) is 83.3 Å². The van der Waals surface area contributed by atoms with Crippen LogP contribution in [0.4, 0.5) is 0 Å². The molecule has 184 valence electrons. The summed E-state index contributed by atoms with van der Waals surface area (Å²) >= 11 is 11.1. The lowest BCUT2D eigenvalue weighted by Crippen LogP contribution is -2.51. The number of benzene rings is 3. The monoisotopic (exact) mass is 572 g/mol. The van der Waals surface area contributed by atoms with Crippen molar-refractivity contribution in [2.24, 2.45) is 0 Å². The normalized spacial score (nSPS) is 11.6. The SMILES string of the molecule is CCCNC(=O)[C@@H](Cc1ccccc1)N(Cc1ccc(Br)cc1)C(=O)CSCc1cccc(Cl)c1. The molecule has 1 atom stereocenters. The van der Waals surface area contributed by atoms with Crippen LogP contribution in [0.2, 0.25) is 5.02 Å². The topological polar surface area (TPSA) is 49.4 Å². The maximum atomic E-state index is 13.6. The van der Waals surface area contributed by atoms with Gasteiger partial charge in [0.15, 0.2) is 0 Å². The van der Waals surface area contributed by atoms with E-state index in [0.717, 1.165) is 27.6 Å². The molecule has 3 aromatic carbocycles. The number of rotatable bonds is 12. The summed E-state index contributed by atoms with van der Waals surface area (Å²) in [5.74, 6) is 0.757. The van der Waals surface area contributed by atoms with E-state index in [1.807, 2.05) is 85.8 Å². The molecule has 0 aromatic heterocycles. The van der Waals surface area contributed by atoms with Gasteiger partial charge in [-0.1, -0.05) is 89.1 Å². The van der Waals surface area contributed by atoms with Gasteiger partial charge >= 0.3 is 0 Å². The molecule has 35 heavy (non-hydrogen) atoms. The van der Waals surface area contributed by atoms with Crippen LogP contribution in [0, 0.1) is 0 Å². The first kappa shape index (κ1) is 27.3. The van der Waals surface area contributed by atoms with Crippen LogP contribution in [-0.4, -0.2) is 35.1 Å². The third-order valence-corrected chi connectivity index (χ3v) is 7.22. The minimum Gasteiger partial charge on any atom is -0.354 e. The van der Waals surface area contributed by atoms with Crippen molar-refractivity contribution in [2.75, 3.05) is 12.3 Å². The molecule has 0 aliphatic carbocycles. The summed E-state index contributed by atoms with van der Waals surface area (Å²) in [5, 5.41) is 3.69. The Morgan fingerprint density at radius 1 is 0.971 bits per heavy atom. The predicted molar refractivity (Wildman–Crippen MR) is 150 cm³/mol. The van der Waals surface area contributed by atoms with Crippen LogP contribution in [0.25, 0.3) is 0 Å². The van der Waals surface area contributed by atoms with Gasteiger partial charge in [0.05, 0.1) is 5.75 Å². The number of nitrogens with zero attached hydrogens (tertiary/aromatic N) is 1. The fraction of sp³-hybridized carbons (Fsp3) is 0.286. The summed E-state index contributed by atoms with van der Waals surface area (Å²) in [6.07, 6.45) is 1.29. The second kappa shape index (κ2) is 14.3. The average Bonchev–Trinajstić information content (AvgIpc) is 2.86. The van der Waals surface area contributed by atoms with Crippen molar-refractivity contribution in [1.82, 2.24) is 10.2 Å². The third-order valence-electron chi connectivity index (χ3n) is 5.47. The van der Waals surface area contributed by atoms with Crippen molar-refractivity contribution in [3.8, 4) is 0 Å². The first-order valence-electron chi connectivity index (χ1n) is 11.6. The van der Waals surface area contributed by atoms with Gasteiger partial charge in [-0.15, -0.1) is 11.8 Å². The van der Waals surface area contributed by atoms with Gasteiger partial charge in [0.1, 0.15) is 6.04 Å². The number of carbonyl (C=O) groups is 2. The molecule has 0 spiro atoms. The van der Waals surface area contributed by atoms with E-state index >= 15 is 0 Å². The summed E-state index contributed by atoms with van der Waals surface area (Å²) in [6.45, 7) is 2.96. The second-order valence-electron chi connectivity index (χ2n) is 8.27. The molecular formula is C28H30BrClN2O2S. The zero-order chi connectivity index (χ0) is 25.0.